The summed E-state index contributed by atoms with van der Waals surface area (Å²) in [6, 6.07) is 3.30. The van der Waals surface area contributed by atoms with Gasteiger partial charge in [0.1, 0.15) is 0 Å². The smallest absolute Gasteiger partial charge is 0.422 e. The molecule has 0 unspecified atom stereocenters. The van der Waals surface area contributed by atoms with Gasteiger partial charge in [-0.05, 0) is 38.4 Å². The van der Waals surface area contributed by atoms with Crippen molar-refractivity contribution in [3.05, 3.63) is 23.9 Å². The topological polar surface area (TPSA) is 28.6 Å². The summed E-state index contributed by atoms with van der Waals surface area (Å²) < 4.78 is 40.9. The molecule has 2 fully saturated rings. The summed E-state index contributed by atoms with van der Waals surface area (Å²) in [5.74, 6) is 0.0134. The molecule has 7 heteroatoms. The van der Waals surface area contributed by atoms with E-state index in [1.807, 2.05) is 0 Å². The minimum atomic E-state index is -4.34. The van der Waals surface area contributed by atoms with Crippen molar-refractivity contribution in [1.29, 1.82) is 0 Å². The Balaban J connectivity index is 1.53. The van der Waals surface area contributed by atoms with Gasteiger partial charge in [-0.3, -0.25) is 9.80 Å². The van der Waals surface area contributed by atoms with Crippen LogP contribution in [0.1, 0.15) is 24.8 Å². The number of aromatic nitrogens is 1. The summed E-state index contributed by atoms with van der Waals surface area (Å²) >= 11 is 0. The van der Waals surface area contributed by atoms with Crippen LogP contribution in [0.3, 0.4) is 0 Å². The normalized spacial score (nSPS) is 26.3. The number of hydrogen-bond acceptors (Lipinski definition) is 4. The van der Waals surface area contributed by atoms with E-state index in [0.717, 1.165) is 25.2 Å². The second-order valence-electron chi connectivity index (χ2n) is 6.62. The molecule has 128 valence electrons. The Morgan fingerprint density at radius 3 is 2.70 bits per heavy atom. The maximum atomic E-state index is 12.1. The SMILES string of the molecule is CN1CCC[C@@]12CCN(Cc1ccc(OCC(F)(F)F)nc1)C2. The molecule has 4 nitrogen and oxygen atoms in total. The lowest BCUT2D eigenvalue weighted by molar-refractivity contribution is -0.154. The van der Waals surface area contributed by atoms with Crippen LogP contribution >= 0.6 is 0 Å². The molecule has 23 heavy (non-hydrogen) atoms. The fraction of sp³-hybridized carbons (Fsp3) is 0.688. The first-order valence-electron chi connectivity index (χ1n) is 7.94. The summed E-state index contributed by atoms with van der Waals surface area (Å²) in [4.78, 5) is 8.84. The van der Waals surface area contributed by atoms with E-state index >= 15 is 0 Å². The largest absolute Gasteiger partial charge is 0.468 e. The fourth-order valence-electron chi connectivity index (χ4n) is 3.67. The van der Waals surface area contributed by atoms with E-state index in [0.29, 0.717) is 5.54 Å². The number of nitrogens with zero attached hydrogens (tertiary/aromatic N) is 3. The van der Waals surface area contributed by atoms with Gasteiger partial charge in [0.15, 0.2) is 6.61 Å². The van der Waals surface area contributed by atoms with Crippen LogP contribution in [0.15, 0.2) is 18.3 Å². The van der Waals surface area contributed by atoms with Crippen LogP contribution in [-0.2, 0) is 6.54 Å². The summed E-state index contributed by atoms with van der Waals surface area (Å²) in [5.41, 5.74) is 1.32. The van der Waals surface area contributed by atoms with Crippen LogP contribution < -0.4 is 4.74 Å². The highest BCUT2D eigenvalue weighted by Gasteiger charge is 2.43. The first kappa shape index (κ1) is 16.5. The molecular formula is C16H22F3N3O. The van der Waals surface area contributed by atoms with Crippen LogP contribution in [0.5, 0.6) is 5.88 Å². The van der Waals surface area contributed by atoms with Crippen molar-refractivity contribution in [3.63, 3.8) is 0 Å². The zero-order chi connectivity index (χ0) is 16.5. The molecule has 2 aliphatic rings. The van der Waals surface area contributed by atoms with Gasteiger partial charge in [-0.25, -0.2) is 4.98 Å². The molecule has 2 aliphatic heterocycles. The molecule has 2 saturated heterocycles. The molecule has 3 rings (SSSR count). The first-order chi connectivity index (χ1) is 10.9. The van der Waals surface area contributed by atoms with Gasteiger partial charge < -0.3 is 4.74 Å². The minimum Gasteiger partial charge on any atom is -0.468 e. The van der Waals surface area contributed by atoms with Crippen molar-refractivity contribution in [3.8, 4) is 5.88 Å². The third-order valence-corrected chi connectivity index (χ3v) is 4.94. The molecule has 0 N–H and O–H groups in total. The van der Waals surface area contributed by atoms with Crippen molar-refractivity contribution >= 4 is 0 Å². The molecule has 1 aromatic rings. The molecular weight excluding hydrogens is 307 g/mol. The average molecular weight is 329 g/mol. The number of likely N-dealkylation sites (tertiary alicyclic amines) is 2. The summed E-state index contributed by atoms with van der Waals surface area (Å²) in [6.45, 7) is 2.75. The molecule has 1 aromatic heterocycles. The molecule has 0 bridgehead atoms. The van der Waals surface area contributed by atoms with Gasteiger partial charge in [0.25, 0.3) is 0 Å². The van der Waals surface area contributed by atoms with Gasteiger partial charge in [-0.1, -0.05) is 6.07 Å². The predicted molar refractivity (Wildman–Crippen MR) is 80.3 cm³/mol. The first-order valence-corrected chi connectivity index (χ1v) is 7.94. The van der Waals surface area contributed by atoms with Crippen molar-refractivity contribution in [1.82, 2.24) is 14.8 Å². The van der Waals surface area contributed by atoms with Gasteiger partial charge in [-0.2, -0.15) is 13.2 Å². The molecule has 0 aromatic carbocycles. The van der Waals surface area contributed by atoms with Gasteiger partial charge in [0, 0.05) is 37.4 Å². The molecule has 0 aliphatic carbocycles. The summed E-state index contributed by atoms with van der Waals surface area (Å²) in [5, 5.41) is 0. The Morgan fingerprint density at radius 1 is 1.26 bits per heavy atom. The molecule has 0 amide bonds. The van der Waals surface area contributed by atoms with Crippen LogP contribution in [0.4, 0.5) is 13.2 Å². The maximum Gasteiger partial charge on any atom is 0.422 e. The second kappa shape index (κ2) is 6.28. The second-order valence-corrected chi connectivity index (χ2v) is 6.62. The Hall–Kier alpha value is -1.34. The standard InChI is InChI=1S/C16H22F3N3O/c1-21-7-2-5-15(21)6-8-22(11-15)10-13-3-4-14(20-9-13)23-12-16(17,18)19/h3-4,9H,2,5-8,10-12H2,1H3/t15-/m0/s1. The highest BCUT2D eigenvalue weighted by Crippen LogP contribution is 2.36. The van der Waals surface area contributed by atoms with Crippen molar-refractivity contribution in [2.75, 3.05) is 33.3 Å². The third-order valence-electron chi connectivity index (χ3n) is 4.94. The Bertz CT molecular complexity index is 534. The van der Waals surface area contributed by atoms with Crippen LogP contribution in [-0.4, -0.2) is 59.8 Å². The lowest BCUT2D eigenvalue weighted by atomic mass is 9.96. The van der Waals surface area contributed by atoms with Gasteiger partial charge in [0.2, 0.25) is 5.88 Å². The van der Waals surface area contributed by atoms with Crippen molar-refractivity contribution in [2.24, 2.45) is 0 Å². The number of pyridine rings is 1. The van der Waals surface area contributed by atoms with E-state index in [-0.39, 0.29) is 5.88 Å². The Kier molecular flexibility index (Phi) is 4.51. The fourth-order valence-corrected chi connectivity index (χ4v) is 3.67. The van der Waals surface area contributed by atoms with E-state index in [4.69, 9.17) is 0 Å². The molecule has 0 saturated carbocycles. The monoisotopic (exact) mass is 329 g/mol. The predicted octanol–water partition coefficient (Wildman–Crippen LogP) is 2.69. The van der Waals surface area contributed by atoms with Gasteiger partial charge >= 0.3 is 6.18 Å². The Labute approximate surface area is 134 Å². The highest BCUT2D eigenvalue weighted by molar-refractivity contribution is 5.18. The maximum absolute atomic E-state index is 12.1. The van der Waals surface area contributed by atoms with E-state index in [1.165, 1.54) is 31.9 Å². The number of hydrogen-bond donors (Lipinski definition) is 0. The van der Waals surface area contributed by atoms with E-state index in [2.05, 4.69) is 26.6 Å². The molecule has 1 spiro atoms. The van der Waals surface area contributed by atoms with Crippen LogP contribution in [0, 0.1) is 0 Å². The van der Waals surface area contributed by atoms with Gasteiger partial charge in [0.05, 0.1) is 0 Å². The lowest BCUT2D eigenvalue weighted by Crippen LogP contribution is -2.43. The molecule has 1 atom stereocenters. The zero-order valence-corrected chi connectivity index (χ0v) is 13.3. The number of likely N-dealkylation sites (N-methyl/N-ethyl adjacent to an activating group) is 1. The van der Waals surface area contributed by atoms with Crippen LogP contribution in [0.25, 0.3) is 0 Å². The number of alkyl halides is 3. The summed E-state index contributed by atoms with van der Waals surface area (Å²) in [7, 11) is 2.20. The van der Waals surface area contributed by atoms with E-state index in [1.54, 1.807) is 12.3 Å². The quantitative estimate of drug-likeness (QED) is 0.849. The molecule has 3 heterocycles. The minimum absolute atomic E-state index is 0.0134. The summed E-state index contributed by atoms with van der Waals surface area (Å²) in [6.07, 6.45) is 0.968. The van der Waals surface area contributed by atoms with Crippen molar-refractivity contribution < 1.29 is 17.9 Å². The number of halogens is 3. The lowest BCUT2D eigenvalue weighted by Gasteiger charge is -2.32. The highest BCUT2D eigenvalue weighted by atomic mass is 19.4. The molecule has 0 radical (unpaired) electrons. The number of ether oxygens (including phenoxy) is 1. The van der Waals surface area contributed by atoms with E-state index < -0.39 is 12.8 Å². The zero-order valence-electron chi connectivity index (χ0n) is 13.3. The van der Waals surface area contributed by atoms with Gasteiger partial charge in [-0.15, -0.1) is 0 Å². The third kappa shape index (κ3) is 3.95. The van der Waals surface area contributed by atoms with Crippen molar-refractivity contribution in [2.45, 2.75) is 37.5 Å². The van der Waals surface area contributed by atoms with Crippen LogP contribution in [0.2, 0.25) is 0 Å². The van der Waals surface area contributed by atoms with E-state index in [9.17, 15) is 13.2 Å². The Morgan fingerprint density at radius 2 is 2.09 bits per heavy atom. The number of rotatable bonds is 4. The average Bonchev–Trinajstić information content (AvgIpc) is 3.05.